The molecule has 2 aromatic rings. The summed E-state index contributed by atoms with van der Waals surface area (Å²) >= 11 is 0. The van der Waals surface area contributed by atoms with E-state index in [0.29, 0.717) is 24.3 Å². The van der Waals surface area contributed by atoms with Crippen LogP contribution in [0, 0.1) is 5.82 Å². The first-order chi connectivity index (χ1) is 13.8. The summed E-state index contributed by atoms with van der Waals surface area (Å²) in [5.74, 6) is -0.317. The molecule has 0 radical (unpaired) electrons. The molecule has 0 unspecified atom stereocenters. The van der Waals surface area contributed by atoms with Crippen LogP contribution in [0.25, 0.3) is 0 Å². The Morgan fingerprint density at radius 2 is 2.17 bits per heavy atom. The van der Waals surface area contributed by atoms with Crippen molar-refractivity contribution in [3.8, 4) is 0 Å². The molecule has 1 saturated carbocycles. The zero-order chi connectivity index (χ0) is 20.6. The van der Waals surface area contributed by atoms with Crippen molar-refractivity contribution in [1.29, 1.82) is 0 Å². The van der Waals surface area contributed by atoms with Crippen LogP contribution in [0.5, 0.6) is 0 Å². The Bertz CT molecular complexity index is 1040. The maximum absolute atomic E-state index is 14.7. The van der Waals surface area contributed by atoms with E-state index in [2.05, 4.69) is 20.8 Å². The fraction of sp³-hybridized carbons (Fsp3) is 0.474. The Kier molecular flexibility index (Phi) is 5.20. The van der Waals surface area contributed by atoms with Crippen LogP contribution < -0.4 is 10.6 Å². The second-order valence-corrected chi connectivity index (χ2v) is 9.56. The van der Waals surface area contributed by atoms with Gasteiger partial charge in [-0.1, -0.05) is 6.07 Å². The first-order valence-corrected chi connectivity index (χ1v) is 11.4. The number of ether oxygens (including phenoxy) is 1. The second-order valence-electron chi connectivity index (χ2n) is 7.50. The highest BCUT2D eigenvalue weighted by atomic mass is 32.2. The molecular formula is C19H23FN4O4S. The Morgan fingerprint density at radius 3 is 2.97 bits per heavy atom. The molecular weight excluding hydrogens is 399 g/mol. The van der Waals surface area contributed by atoms with E-state index >= 15 is 0 Å². The van der Waals surface area contributed by atoms with Gasteiger partial charge in [0, 0.05) is 29.8 Å². The summed E-state index contributed by atoms with van der Waals surface area (Å²) < 4.78 is 43.6. The number of nitrogens with zero attached hydrogens (tertiary/aromatic N) is 1. The van der Waals surface area contributed by atoms with E-state index in [4.69, 9.17) is 4.74 Å². The molecule has 10 heteroatoms. The van der Waals surface area contributed by atoms with Crippen molar-refractivity contribution < 1.29 is 22.3 Å². The number of carbonyl (C=O) groups excluding carboxylic acids is 1. The van der Waals surface area contributed by atoms with E-state index in [1.54, 1.807) is 6.07 Å². The van der Waals surface area contributed by atoms with Gasteiger partial charge in [-0.2, -0.15) is 5.10 Å². The number of amides is 1. The number of aromatic amines is 1. The van der Waals surface area contributed by atoms with Crippen LogP contribution in [0.4, 0.5) is 20.7 Å². The summed E-state index contributed by atoms with van der Waals surface area (Å²) in [7, 11) is -3.27. The van der Waals surface area contributed by atoms with E-state index in [9.17, 15) is 17.6 Å². The number of alkyl carbamates (subject to hydrolysis) is 1. The number of H-pyrrole nitrogens is 1. The summed E-state index contributed by atoms with van der Waals surface area (Å²) in [6.07, 6.45) is 1.79. The zero-order valence-corrected chi connectivity index (χ0v) is 16.8. The lowest BCUT2D eigenvalue weighted by molar-refractivity contribution is 0.101. The average Bonchev–Trinajstić information content (AvgIpc) is 3.36. The third-order valence-corrected chi connectivity index (χ3v) is 6.84. The summed E-state index contributed by atoms with van der Waals surface area (Å²) in [5, 5.41) is 12.7. The van der Waals surface area contributed by atoms with Gasteiger partial charge in [-0.05, 0) is 37.8 Å². The summed E-state index contributed by atoms with van der Waals surface area (Å²) in [4.78, 5) is 11.6. The van der Waals surface area contributed by atoms with E-state index in [-0.39, 0.29) is 34.8 Å². The summed E-state index contributed by atoms with van der Waals surface area (Å²) in [6, 6.07) is 4.98. The highest BCUT2D eigenvalue weighted by Gasteiger charge is 2.31. The lowest BCUT2D eigenvalue weighted by atomic mass is 10.0. The molecule has 4 rings (SSSR count). The van der Waals surface area contributed by atoms with Crippen molar-refractivity contribution in [3.63, 3.8) is 0 Å². The molecule has 156 valence electrons. The van der Waals surface area contributed by atoms with Crippen molar-refractivity contribution in [2.75, 3.05) is 11.9 Å². The van der Waals surface area contributed by atoms with Crippen molar-refractivity contribution in [3.05, 3.63) is 40.8 Å². The van der Waals surface area contributed by atoms with Gasteiger partial charge in [0.25, 0.3) is 0 Å². The normalized spacial score (nSPS) is 22.3. The molecule has 0 spiro atoms. The topological polar surface area (TPSA) is 113 Å². The van der Waals surface area contributed by atoms with Gasteiger partial charge >= 0.3 is 6.09 Å². The fourth-order valence-corrected chi connectivity index (χ4v) is 5.57. The van der Waals surface area contributed by atoms with Crippen LogP contribution in [0.15, 0.2) is 18.2 Å². The van der Waals surface area contributed by atoms with Crippen LogP contribution in [-0.4, -0.2) is 37.4 Å². The molecule has 2 heterocycles. The number of aromatic nitrogens is 2. The van der Waals surface area contributed by atoms with Crippen LogP contribution in [0.1, 0.15) is 48.9 Å². The Balaban J connectivity index is 1.42. The van der Waals surface area contributed by atoms with Gasteiger partial charge in [0.1, 0.15) is 6.10 Å². The number of hydrogen-bond donors (Lipinski definition) is 3. The van der Waals surface area contributed by atoms with E-state index in [1.807, 2.05) is 13.0 Å². The molecule has 29 heavy (non-hydrogen) atoms. The smallest absolute Gasteiger partial charge is 0.407 e. The highest BCUT2D eigenvalue weighted by molar-refractivity contribution is 7.90. The largest absolute Gasteiger partial charge is 0.446 e. The number of benzene rings is 1. The molecule has 2 atom stereocenters. The van der Waals surface area contributed by atoms with Gasteiger partial charge in [0.15, 0.2) is 21.5 Å². The molecule has 0 bridgehead atoms. The Morgan fingerprint density at radius 1 is 1.34 bits per heavy atom. The number of sulfone groups is 1. The van der Waals surface area contributed by atoms with Crippen LogP contribution >= 0.6 is 0 Å². The SMILES string of the molecule is CCNC(=O)O[C@H]1CC[C@@H](c2cc(Nc3ccc4c(c3F)CS(=O)(=O)C4)n[nH]2)C1. The molecule has 2 aliphatic rings. The van der Waals surface area contributed by atoms with Gasteiger partial charge in [-0.25, -0.2) is 17.6 Å². The van der Waals surface area contributed by atoms with Gasteiger partial charge < -0.3 is 15.4 Å². The minimum atomic E-state index is -3.27. The predicted octanol–water partition coefficient (Wildman–Crippen LogP) is 3.10. The van der Waals surface area contributed by atoms with Crippen molar-refractivity contribution in [1.82, 2.24) is 15.5 Å². The molecule has 1 fully saturated rings. The van der Waals surface area contributed by atoms with Crippen LogP contribution in [0.2, 0.25) is 0 Å². The summed E-state index contributed by atoms with van der Waals surface area (Å²) in [6.45, 7) is 2.36. The number of anilines is 2. The number of carbonyl (C=O) groups is 1. The lowest BCUT2D eigenvalue weighted by Crippen LogP contribution is -2.27. The fourth-order valence-electron chi connectivity index (χ4n) is 3.97. The maximum atomic E-state index is 14.7. The first-order valence-electron chi connectivity index (χ1n) is 9.62. The number of halogens is 1. The Labute approximate surface area is 168 Å². The number of hydrogen-bond acceptors (Lipinski definition) is 6. The highest BCUT2D eigenvalue weighted by Crippen LogP contribution is 2.37. The van der Waals surface area contributed by atoms with Crippen molar-refractivity contribution >= 4 is 27.4 Å². The molecule has 3 N–H and O–H groups in total. The van der Waals surface area contributed by atoms with E-state index < -0.39 is 21.7 Å². The third-order valence-electron chi connectivity index (χ3n) is 5.36. The molecule has 0 saturated heterocycles. The predicted molar refractivity (Wildman–Crippen MR) is 105 cm³/mol. The van der Waals surface area contributed by atoms with Crippen molar-refractivity contribution in [2.45, 2.75) is 49.7 Å². The quantitative estimate of drug-likeness (QED) is 0.682. The van der Waals surface area contributed by atoms with Crippen LogP contribution in [-0.2, 0) is 26.1 Å². The monoisotopic (exact) mass is 422 g/mol. The number of fused-ring (bicyclic) bond motifs is 1. The average molecular weight is 422 g/mol. The van der Waals surface area contributed by atoms with Gasteiger partial charge in [0.2, 0.25) is 0 Å². The van der Waals surface area contributed by atoms with Gasteiger partial charge in [-0.15, -0.1) is 0 Å². The van der Waals surface area contributed by atoms with Crippen molar-refractivity contribution in [2.24, 2.45) is 0 Å². The molecule has 1 aromatic heterocycles. The zero-order valence-electron chi connectivity index (χ0n) is 16.0. The van der Waals surface area contributed by atoms with Crippen LogP contribution in [0.3, 0.4) is 0 Å². The molecule has 1 aromatic carbocycles. The molecule has 8 nitrogen and oxygen atoms in total. The standard InChI is InChI=1S/C19H23FN4O4S/c1-2-21-19(25)28-13-5-3-11(7-13)16-8-17(24-23-16)22-15-6-4-12-9-29(26,27)10-14(12)18(15)20/h4,6,8,11,13H,2-3,5,7,9-10H2,1H3,(H,21,25)(H2,22,23,24)/t11-,13+/m1/s1. The molecule has 1 aliphatic carbocycles. The third kappa shape index (κ3) is 4.21. The Hall–Kier alpha value is -2.62. The summed E-state index contributed by atoms with van der Waals surface area (Å²) in [5.41, 5.74) is 1.83. The van der Waals surface area contributed by atoms with E-state index in [1.165, 1.54) is 6.07 Å². The van der Waals surface area contributed by atoms with Gasteiger partial charge in [-0.3, -0.25) is 5.10 Å². The number of rotatable bonds is 5. The minimum Gasteiger partial charge on any atom is -0.446 e. The lowest BCUT2D eigenvalue weighted by Gasteiger charge is -2.12. The number of nitrogens with one attached hydrogen (secondary N) is 3. The molecule has 1 aliphatic heterocycles. The van der Waals surface area contributed by atoms with Gasteiger partial charge in [0.05, 0.1) is 17.2 Å². The van der Waals surface area contributed by atoms with E-state index in [0.717, 1.165) is 18.5 Å². The maximum Gasteiger partial charge on any atom is 0.407 e. The molecule has 1 amide bonds. The minimum absolute atomic E-state index is 0.118. The first kappa shape index (κ1) is 19.7. The second kappa shape index (κ2) is 7.66.